The van der Waals surface area contributed by atoms with Crippen molar-refractivity contribution in [2.24, 2.45) is 0 Å². The van der Waals surface area contributed by atoms with Gasteiger partial charge in [0.25, 0.3) is 0 Å². The fourth-order valence-corrected chi connectivity index (χ4v) is 3.61. The lowest BCUT2D eigenvalue weighted by Gasteiger charge is -2.35. The Morgan fingerprint density at radius 1 is 0.968 bits per heavy atom. The van der Waals surface area contributed by atoms with E-state index in [1.807, 2.05) is 24.9 Å². The van der Waals surface area contributed by atoms with Crippen LogP contribution in [0.2, 0.25) is 0 Å². The van der Waals surface area contributed by atoms with E-state index in [4.69, 9.17) is 0 Å². The van der Waals surface area contributed by atoms with Crippen LogP contribution >= 0.6 is 12.4 Å². The highest BCUT2D eigenvalue weighted by Crippen LogP contribution is 2.20. The maximum Gasteiger partial charge on any atom is 0.172 e. The SMILES string of the molecule is Cc1cncc(-n2ncc(/C=C/CN3CCN(c4cc(F)cc(F)c4)CC3)c2C)n1.Cl. The van der Waals surface area contributed by atoms with Crippen LogP contribution in [0.1, 0.15) is 17.0 Å². The van der Waals surface area contributed by atoms with Gasteiger partial charge in [-0.2, -0.15) is 5.10 Å². The van der Waals surface area contributed by atoms with Gasteiger partial charge in [0.2, 0.25) is 0 Å². The first kappa shape index (κ1) is 22.8. The Hall–Kier alpha value is -2.84. The second-order valence-electron chi connectivity index (χ2n) is 7.43. The second kappa shape index (κ2) is 9.98. The van der Waals surface area contributed by atoms with E-state index in [1.165, 1.54) is 12.1 Å². The van der Waals surface area contributed by atoms with Crippen LogP contribution in [0.15, 0.2) is 42.9 Å². The predicted octanol–water partition coefficient (Wildman–Crippen LogP) is 3.81. The van der Waals surface area contributed by atoms with Crippen LogP contribution in [0.4, 0.5) is 14.5 Å². The molecule has 1 aliphatic heterocycles. The van der Waals surface area contributed by atoms with E-state index in [2.05, 4.69) is 32.1 Å². The van der Waals surface area contributed by atoms with E-state index >= 15 is 0 Å². The molecule has 6 nitrogen and oxygen atoms in total. The number of halogens is 3. The molecule has 0 bridgehead atoms. The summed E-state index contributed by atoms with van der Waals surface area (Å²) in [5, 5.41) is 4.43. The molecule has 2 aromatic heterocycles. The molecule has 9 heteroatoms. The van der Waals surface area contributed by atoms with Crippen LogP contribution in [0.5, 0.6) is 0 Å². The molecule has 0 spiro atoms. The van der Waals surface area contributed by atoms with Crippen molar-refractivity contribution >= 4 is 24.2 Å². The number of anilines is 1. The van der Waals surface area contributed by atoms with Gasteiger partial charge in [0.15, 0.2) is 5.82 Å². The van der Waals surface area contributed by atoms with E-state index < -0.39 is 11.6 Å². The third-order valence-electron chi connectivity index (χ3n) is 5.25. The molecule has 1 aliphatic rings. The molecule has 0 amide bonds. The molecular formula is C22H25ClF2N6. The number of aryl methyl sites for hydroxylation is 1. The average Bonchev–Trinajstić information content (AvgIpc) is 3.08. The minimum Gasteiger partial charge on any atom is -0.369 e. The number of benzene rings is 1. The molecule has 0 unspecified atom stereocenters. The number of hydrogen-bond donors (Lipinski definition) is 0. The molecule has 0 radical (unpaired) electrons. The molecule has 1 aromatic carbocycles. The Labute approximate surface area is 186 Å². The molecule has 0 atom stereocenters. The van der Waals surface area contributed by atoms with E-state index in [0.29, 0.717) is 11.5 Å². The minimum absolute atomic E-state index is 0. The smallest absolute Gasteiger partial charge is 0.172 e. The summed E-state index contributed by atoms with van der Waals surface area (Å²) in [6, 6.07) is 3.68. The Balaban J connectivity index is 0.00000272. The van der Waals surface area contributed by atoms with Crippen LogP contribution in [0.25, 0.3) is 11.9 Å². The standard InChI is InChI=1S/C22H24F2N6.ClH/c1-16-13-25-15-22(27-16)30-17(2)18(14-26-30)4-3-5-28-6-8-29(9-7-28)21-11-19(23)10-20(24)12-21;/h3-4,10-15H,5-9H2,1-2H3;1H/b4-3+;. The number of rotatable bonds is 5. The van der Waals surface area contributed by atoms with Crippen molar-refractivity contribution in [2.75, 3.05) is 37.6 Å². The Morgan fingerprint density at radius 3 is 2.35 bits per heavy atom. The molecule has 164 valence electrons. The lowest BCUT2D eigenvalue weighted by atomic mass is 10.2. The molecule has 0 saturated carbocycles. The topological polar surface area (TPSA) is 50.1 Å². The van der Waals surface area contributed by atoms with Crippen LogP contribution in [-0.2, 0) is 0 Å². The van der Waals surface area contributed by atoms with Gasteiger partial charge in [0, 0.05) is 56.2 Å². The minimum atomic E-state index is -0.539. The van der Waals surface area contributed by atoms with E-state index in [0.717, 1.165) is 55.7 Å². The average molecular weight is 447 g/mol. The van der Waals surface area contributed by atoms with E-state index in [1.54, 1.807) is 17.1 Å². The zero-order valence-electron chi connectivity index (χ0n) is 17.5. The van der Waals surface area contributed by atoms with Gasteiger partial charge in [-0.15, -0.1) is 12.4 Å². The lowest BCUT2D eigenvalue weighted by molar-refractivity contribution is 0.284. The van der Waals surface area contributed by atoms with Gasteiger partial charge < -0.3 is 4.90 Å². The summed E-state index contributed by atoms with van der Waals surface area (Å²) in [6.45, 7) is 7.85. The van der Waals surface area contributed by atoms with Crippen molar-refractivity contribution in [3.63, 3.8) is 0 Å². The summed E-state index contributed by atoms with van der Waals surface area (Å²) in [7, 11) is 0. The van der Waals surface area contributed by atoms with Crippen molar-refractivity contribution in [2.45, 2.75) is 13.8 Å². The number of piperazine rings is 1. The number of nitrogens with zero attached hydrogens (tertiary/aromatic N) is 6. The summed E-state index contributed by atoms with van der Waals surface area (Å²) < 4.78 is 28.7. The van der Waals surface area contributed by atoms with Gasteiger partial charge in [-0.3, -0.25) is 9.88 Å². The number of hydrogen-bond acceptors (Lipinski definition) is 5. The third kappa shape index (κ3) is 5.45. The maximum atomic E-state index is 13.4. The van der Waals surface area contributed by atoms with Crippen LogP contribution in [-0.4, -0.2) is 57.4 Å². The van der Waals surface area contributed by atoms with Crippen molar-refractivity contribution in [3.05, 3.63) is 71.5 Å². The molecule has 3 heterocycles. The quantitative estimate of drug-likeness (QED) is 0.596. The molecule has 4 rings (SSSR count). The monoisotopic (exact) mass is 446 g/mol. The summed E-state index contributed by atoms with van der Waals surface area (Å²) in [5.41, 5.74) is 3.49. The maximum absolute atomic E-state index is 13.4. The van der Waals surface area contributed by atoms with Crippen molar-refractivity contribution < 1.29 is 8.78 Å². The zero-order chi connectivity index (χ0) is 21.1. The van der Waals surface area contributed by atoms with Gasteiger partial charge in [-0.25, -0.2) is 18.4 Å². The largest absolute Gasteiger partial charge is 0.369 e. The fraction of sp³-hybridized carbons (Fsp3) is 0.318. The van der Waals surface area contributed by atoms with Crippen molar-refractivity contribution in [1.82, 2.24) is 24.6 Å². The van der Waals surface area contributed by atoms with Crippen LogP contribution in [0, 0.1) is 25.5 Å². The molecule has 1 saturated heterocycles. The fourth-order valence-electron chi connectivity index (χ4n) is 3.61. The number of aromatic nitrogens is 4. The Kier molecular flexibility index (Phi) is 7.35. The van der Waals surface area contributed by atoms with E-state index in [9.17, 15) is 8.78 Å². The van der Waals surface area contributed by atoms with Crippen molar-refractivity contribution in [1.29, 1.82) is 0 Å². The summed E-state index contributed by atoms with van der Waals surface area (Å²) in [4.78, 5) is 13.0. The summed E-state index contributed by atoms with van der Waals surface area (Å²) in [5.74, 6) is -0.372. The van der Waals surface area contributed by atoms with Crippen LogP contribution < -0.4 is 4.90 Å². The molecule has 1 fully saturated rings. The summed E-state index contributed by atoms with van der Waals surface area (Å²) in [6.07, 6.45) is 9.43. The van der Waals surface area contributed by atoms with Gasteiger partial charge in [-0.1, -0.05) is 12.2 Å². The summed E-state index contributed by atoms with van der Waals surface area (Å²) >= 11 is 0. The first-order chi connectivity index (χ1) is 14.5. The highest BCUT2D eigenvalue weighted by atomic mass is 35.5. The Morgan fingerprint density at radius 2 is 1.68 bits per heavy atom. The molecule has 0 N–H and O–H groups in total. The first-order valence-corrected chi connectivity index (χ1v) is 9.93. The van der Waals surface area contributed by atoms with Gasteiger partial charge in [0.1, 0.15) is 11.6 Å². The highest BCUT2D eigenvalue weighted by Gasteiger charge is 2.17. The van der Waals surface area contributed by atoms with Gasteiger partial charge in [0.05, 0.1) is 23.8 Å². The molecule has 0 aliphatic carbocycles. The Bertz CT molecular complexity index is 1040. The van der Waals surface area contributed by atoms with Gasteiger partial charge in [-0.05, 0) is 26.0 Å². The zero-order valence-corrected chi connectivity index (χ0v) is 18.3. The second-order valence-corrected chi connectivity index (χ2v) is 7.43. The predicted molar refractivity (Wildman–Crippen MR) is 120 cm³/mol. The third-order valence-corrected chi connectivity index (χ3v) is 5.25. The van der Waals surface area contributed by atoms with E-state index in [-0.39, 0.29) is 12.4 Å². The first-order valence-electron chi connectivity index (χ1n) is 9.93. The van der Waals surface area contributed by atoms with Gasteiger partial charge >= 0.3 is 0 Å². The molecule has 3 aromatic rings. The van der Waals surface area contributed by atoms with Crippen molar-refractivity contribution in [3.8, 4) is 5.82 Å². The molecular weight excluding hydrogens is 422 g/mol. The highest BCUT2D eigenvalue weighted by molar-refractivity contribution is 5.85. The molecule has 31 heavy (non-hydrogen) atoms. The lowest BCUT2D eigenvalue weighted by Crippen LogP contribution is -2.46. The van der Waals surface area contributed by atoms with Crippen LogP contribution in [0.3, 0.4) is 0 Å². The normalized spacial score (nSPS) is 14.8.